The number of anilines is 1. The fourth-order valence-electron chi connectivity index (χ4n) is 1.68. The van der Waals surface area contributed by atoms with Gasteiger partial charge in [0.1, 0.15) is 23.4 Å². The van der Waals surface area contributed by atoms with E-state index in [1.165, 1.54) is 18.3 Å². The van der Waals surface area contributed by atoms with Crippen LogP contribution in [0.3, 0.4) is 0 Å². The smallest absolute Gasteiger partial charge is 0.383 e. The Bertz CT molecular complexity index is 582. The highest BCUT2D eigenvalue weighted by Gasteiger charge is 2.32. The molecule has 0 bridgehead atoms. The third-order valence-corrected chi connectivity index (χ3v) is 2.67. The summed E-state index contributed by atoms with van der Waals surface area (Å²) in [6.45, 7) is 0.0131. The molecule has 0 radical (unpaired) electrons. The quantitative estimate of drug-likeness (QED) is 0.902. The van der Waals surface area contributed by atoms with Crippen LogP contribution in [0.25, 0.3) is 0 Å². The second kappa shape index (κ2) is 5.49. The van der Waals surface area contributed by atoms with Crippen molar-refractivity contribution in [1.82, 2.24) is 14.5 Å². The molecule has 0 unspecified atom stereocenters. The molecular formula is C12H13F3N4O. The molecule has 8 heteroatoms. The molecule has 0 aromatic carbocycles. The first kappa shape index (κ1) is 14.3. The largest absolute Gasteiger partial charge is 0.433 e. The number of hydrogen-bond acceptors (Lipinski definition) is 4. The minimum absolute atomic E-state index is 0.0131. The lowest BCUT2D eigenvalue weighted by atomic mass is 10.3. The summed E-state index contributed by atoms with van der Waals surface area (Å²) in [5.74, 6) is 0.470. The number of imidazole rings is 1. The van der Waals surface area contributed by atoms with Gasteiger partial charge in [0.05, 0.1) is 0 Å². The van der Waals surface area contributed by atoms with Crippen LogP contribution < -0.4 is 5.32 Å². The number of aliphatic hydroxyl groups is 1. The first-order valence-electron chi connectivity index (χ1n) is 5.81. The maximum atomic E-state index is 12.5. The van der Waals surface area contributed by atoms with Gasteiger partial charge in [0.15, 0.2) is 0 Å². The predicted molar refractivity (Wildman–Crippen MR) is 65.9 cm³/mol. The molecule has 20 heavy (non-hydrogen) atoms. The van der Waals surface area contributed by atoms with Gasteiger partial charge in [-0.25, -0.2) is 9.97 Å². The molecule has 0 amide bonds. The molecule has 0 aliphatic carbocycles. The first-order valence-corrected chi connectivity index (χ1v) is 5.81. The summed E-state index contributed by atoms with van der Waals surface area (Å²) < 4.78 is 39.1. The fraction of sp³-hybridized carbons (Fsp3) is 0.333. The Morgan fingerprint density at radius 3 is 2.75 bits per heavy atom. The molecule has 2 aromatic heterocycles. The van der Waals surface area contributed by atoms with E-state index in [-0.39, 0.29) is 12.4 Å². The molecule has 0 saturated heterocycles. The monoisotopic (exact) mass is 286 g/mol. The van der Waals surface area contributed by atoms with Gasteiger partial charge in [0, 0.05) is 26.0 Å². The molecule has 2 rings (SSSR count). The molecule has 0 spiro atoms. The van der Waals surface area contributed by atoms with Gasteiger partial charge in [-0.2, -0.15) is 13.2 Å². The SMILES string of the molecule is Cn1ccnc1[C@@H](O)CNc1cccc(C(F)(F)F)n1. The van der Waals surface area contributed by atoms with Gasteiger partial charge in [-0.1, -0.05) is 6.07 Å². The zero-order valence-corrected chi connectivity index (χ0v) is 10.6. The third kappa shape index (κ3) is 3.27. The van der Waals surface area contributed by atoms with Crippen LogP contribution in [0.5, 0.6) is 0 Å². The van der Waals surface area contributed by atoms with Crippen molar-refractivity contribution in [2.75, 3.05) is 11.9 Å². The summed E-state index contributed by atoms with van der Waals surface area (Å²) in [7, 11) is 1.72. The topological polar surface area (TPSA) is 63.0 Å². The number of aliphatic hydroxyl groups excluding tert-OH is 1. The highest BCUT2D eigenvalue weighted by Crippen LogP contribution is 2.28. The maximum Gasteiger partial charge on any atom is 0.433 e. The number of pyridine rings is 1. The number of rotatable bonds is 4. The van der Waals surface area contributed by atoms with Crippen LogP contribution in [0, 0.1) is 0 Å². The van der Waals surface area contributed by atoms with Crippen LogP contribution in [0.2, 0.25) is 0 Å². The van der Waals surface area contributed by atoms with Crippen LogP contribution in [0.1, 0.15) is 17.6 Å². The van der Waals surface area contributed by atoms with Crippen molar-refractivity contribution in [1.29, 1.82) is 0 Å². The Morgan fingerprint density at radius 1 is 1.40 bits per heavy atom. The summed E-state index contributed by atoms with van der Waals surface area (Å²) in [5.41, 5.74) is -0.978. The van der Waals surface area contributed by atoms with E-state index in [0.717, 1.165) is 6.07 Å². The van der Waals surface area contributed by atoms with Crippen LogP contribution >= 0.6 is 0 Å². The van der Waals surface area contributed by atoms with Gasteiger partial charge >= 0.3 is 6.18 Å². The van der Waals surface area contributed by atoms with E-state index in [9.17, 15) is 18.3 Å². The molecular weight excluding hydrogens is 273 g/mol. The van der Waals surface area contributed by atoms with Crippen molar-refractivity contribution < 1.29 is 18.3 Å². The number of nitrogens with one attached hydrogen (secondary N) is 1. The Kier molecular flexibility index (Phi) is 3.93. The van der Waals surface area contributed by atoms with Gasteiger partial charge in [-0.05, 0) is 12.1 Å². The molecule has 0 fully saturated rings. The van der Waals surface area contributed by atoms with E-state index in [2.05, 4.69) is 15.3 Å². The van der Waals surface area contributed by atoms with Crippen molar-refractivity contribution in [3.05, 3.63) is 42.1 Å². The molecule has 0 aliphatic heterocycles. The van der Waals surface area contributed by atoms with Gasteiger partial charge in [0.25, 0.3) is 0 Å². The molecule has 2 aromatic rings. The zero-order valence-electron chi connectivity index (χ0n) is 10.6. The van der Waals surface area contributed by atoms with Crippen LogP contribution in [0.15, 0.2) is 30.6 Å². The van der Waals surface area contributed by atoms with E-state index in [1.54, 1.807) is 17.8 Å². The molecule has 1 atom stereocenters. The number of alkyl halides is 3. The van der Waals surface area contributed by atoms with Crippen LogP contribution in [-0.2, 0) is 13.2 Å². The van der Waals surface area contributed by atoms with Crippen molar-refractivity contribution in [3.63, 3.8) is 0 Å². The van der Waals surface area contributed by atoms with Crippen molar-refractivity contribution >= 4 is 5.82 Å². The Labute approximate surface area is 113 Å². The highest BCUT2D eigenvalue weighted by atomic mass is 19.4. The van der Waals surface area contributed by atoms with Crippen LogP contribution in [-0.4, -0.2) is 26.2 Å². The number of aryl methyl sites for hydroxylation is 1. The third-order valence-electron chi connectivity index (χ3n) is 2.67. The lowest BCUT2D eigenvalue weighted by molar-refractivity contribution is -0.141. The summed E-state index contributed by atoms with van der Waals surface area (Å²) in [6.07, 6.45) is -2.23. The second-order valence-corrected chi connectivity index (χ2v) is 4.20. The molecule has 0 aliphatic rings. The maximum absolute atomic E-state index is 12.5. The van der Waals surface area contributed by atoms with E-state index in [1.807, 2.05) is 0 Å². The first-order chi connectivity index (χ1) is 9.38. The highest BCUT2D eigenvalue weighted by molar-refractivity contribution is 5.36. The van der Waals surface area contributed by atoms with E-state index < -0.39 is 18.0 Å². The zero-order chi connectivity index (χ0) is 14.8. The summed E-state index contributed by atoms with van der Waals surface area (Å²) in [4.78, 5) is 7.40. The minimum Gasteiger partial charge on any atom is -0.383 e. The molecule has 5 nitrogen and oxygen atoms in total. The standard InChI is InChI=1S/C12H13F3N4O/c1-19-6-5-16-11(19)8(20)7-17-10-4-2-3-9(18-10)12(13,14)15/h2-6,8,20H,7H2,1H3,(H,17,18)/t8-/m0/s1. The lowest BCUT2D eigenvalue weighted by Crippen LogP contribution is -2.17. The number of aromatic nitrogens is 3. The minimum atomic E-state index is -4.49. The second-order valence-electron chi connectivity index (χ2n) is 4.20. The number of nitrogens with zero attached hydrogens (tertiary/aromatic N) is 3. The number of hydrogen-bond donors (Lipinski definition) is 2. The lowest BCUT2D eigenvalue weighted by Gasteiger charge is -2.13. The fourth-order valence-corrected chi connectivity index (χ4v) is 1.68. The van der Waals surface area contributed by atoms with Crippen molar-refractivity contribution in [2.24, 2.45) is 7.05 Å². The van der Waals surface area contributed by atoms with Crippen molar-refractivity contribution in [3.8, 4) is 0 Å². The normalized spacial score (nSPS) is 13.2. The average Bonchev–Trinajstić information content (AvgIpc) is 2.82. The Morgan fingerprint density at radius 2 is 2.15 bits per heavy atom. The predicted octanol–water partition coefficient (Wildman–Crippen LogP) is 1.98. The van der Waals surface area contributed by atoms with E-state index in [4.69, 9.17) is 0 Å². The molecule has 0 saturated carbocycles. The molecule has 2 heterocycles. The van der Waals surface area contributed by atoms with Gasteiger partial charge < -0.3 is 15.0 Å². The Balaban J connectivity index is 2.03. The average molecular weight is 286 g/mol. The summed E-state index contributed by atoms with van der Waals surface area (Å²) in [6, 6.07) is 3.55. The molecule has 108 valence electrons. The van der Waals surface area contributed by atoms with Crippen molar-refractivity contribution in [2.45, 2.75) is 12.3 Å². The van der Waals surface area contributed by atoms with Crippen LogP contribution in [0.4, 0.5) is 19.0 Å². The van der Waals surface area contributed by atoms with Gasteiger partial charge in [0.2, 0.25) is 0 Å². The number of halogens is 3. The Hall–Kier alpha value is -2.09. The summed E-state index contributed by atoms with van der Waals surface area (Å²) >= 11 is 0. The van der Waals surface area contributed by atoms with E-state index in [0.29, 0.717) is 5.82 Å². The van der Waals surface area contributed by atoms with Gasteiger partial charge in [-0.3, -0.25) is 0 Å². The molecule has 2 N–H and O–H groups in total. The summed E-state index contributed by atoms with van der Waals surface area (Å²) in [5, 5.41) is 12.5. The van der Waals surface area contributed by atoms with E-state index >= 15 is 0 Å². The van der Waals surface area contributed by atoms with Gasteiger partial charge in [-0.15, -0.1) is 0 Å².